The number of carbonyl (C=O) groups excluding carboxylic acids is 2. The first-order valence-electron chi connectivity index (χ1n) is 9.69. The fourth-order valence-electron chi connectivity index (χ4n) is 3.67. The molecule has 0 radical (unpaired) electrons. The maximum absolute atomic E-state index is 13.1. The number of nitrogens with zero attached hydrogens (tertiary/aromatic N) is 1. The molecule has 1 aromatic carbocycles. The number of piperidine rings is 1. The van der Waals surface area contributed by atoms with E-state index >= 15 is 0 Å². The van der Waals surface area contributed by atoms with Crippen LogP contribution in [-0.4, -0.2) is 40.4 Å². The van der Waals surface area contributed by atoms with Crippen molar-refractivity contribution >= 4 is 11.8 Å². The second-order valence-corrected chi connectivity index (χ2v) is 7.92. The molecule has 0 bridgehead atoms. The van der Waals surface area contributed by atoms with Crippen LogP contribution in [0.15, 0.2) is 46.9 Å². The molecule has 2 aromatic rings. The minimum Gasteiger partial charge on any atom is -0.463 e. The van der Waals surface area contributed by atoms with Crippen LogP contribution in [0.1, 0.15) is 55.0 Å². The molecule has 6 heteroatoms. The molecule has 3 rings (SSSR count). The lowest BCUT2D eigenvalue weighted by atomic mass is 9.86. The van der Waals surface area contributed by atoms with Gasteiger partial charge in [-0.1, -0.05) is 18.2 Å². The Hall–Kier alpha value is -2.60. The summed E-state index contributed by atoms with van der Waals surface area (Å²) in [4.78, 5) is 27.8. The Morgan fingerprint density at radius 2 is 1.93 bits per heavy atom. The zero-order valence-corrected chi connectivity index (χ0v) is 16.7. The Kier molecular flexibility index (Phi) is 5.61. The largest absolute Gasteiger partial charge is 0.463 e. The number of carbonyl (C=O) groups is 2. The SMILES string of the molecule is Cc1ccc([C@@](C)(O)CNC(=O)[C@]2(C)CCCCN2C(=O)c2ccccc2)o1. The first kappa shape index (κ1) is 20.1. The van der Waals surface area contributed by atoms with Gasteiger partial charge in [-0.25, -0.2) is 0 Å². The predicted molar refractivity (Wildman–Crippen MR) is 106 cm³/mol. The highest BCUT2D eigenvalue weighted by molar-refractivity contribution is 5.99. The normalized spacial score (nSPS) is 21.8. The molecule has 1 aliphatic rings. The molecule has 2 N–H and O–H groups in total. The number of aryl methyl sites for hydroxylation is 1. The van der Waals surface area contributed by atoms with Crippen LogP contribution in [0.2, 0.25) is 0 Å². The van der Waals surface area contributed by atoms with Gasteiger partial charge in [0.2, 0.25) is 5.91 Å². The van der Waals surface area contributed by atoms with Gasteiger partial charge in [0.1, 0.15) is 22.7 Å². The monoisotopic (exact) mass is 384 g/mol. The molecule has 0 spiro atoms. The molecular weight excluding hydrogens is 356 g/mol. The zero-order chi connectivity index (χ0) is 20.4. The molecule has 1 fully saturated rings. The zero-order valence-electron chi connectivity index (χ0n) is 16.7. The highest BCUT2D eigenvalue weighted by Crippen LogP contribution is 2.30. The van der Waals surface area contributed by atoms with Crippen molar-refractivity contribution in [1.29, 1.82) is 0 Å². The van der Waals surface area contributed by atoms with E-state index in [9.17, 15) is 14.7 Å². The van der Waals surface area contributed by atoms with Crippen molar-refractivity contribution in [1.82, 2.24) is 10.2 Å². The second-order valence-electron chi connectivity index (χ2n) is 7.92. The number of furan rings is 1. The van der Waals surface area contributed by atoms with Crippen molar-refractivity contribution in [3.05, 3.63) is 59.5 Å². The van der Waals surface area contributed by atoms with E-state index in [0.29, 0.717) is 30.0 Å². The average Bonchev–Trinajstić information content (AvgIpc) is 3.14. The average molecular weight is 384 g/mol. The summed E-state index contributed by atoms with van der Waals surface area (Å²) in [6, 6.07) is 12.5. The highest BCUT2D eigenvalue weighted by atomic mass is 16.4. The summed E-state index contributed by atoms with van der Waals surface area (Å²) in [5, 5.41) is 13.5. The Labute approximate surface area is 165 Å². The fraction of sp³-hybridized carbons (Fsp3) is 0.455. The van der Waals surface area contributed by atoms with Crippen LogP contribution in [0.5, 0.6) is 0 Å². The molecule has 28 heavy (non-hydrogen) atoms. The maximum Gasteiger partial charge on any atom is 0.254 e. The molecule has 0 aliphatic carbocycles. The van der Waals surface area contributed by atoms with Gasteiger partial charge in [0.25, 0.3) is 5.91 Å². The van der Waals surface area contributed by atoms with Gasteiger partial charge in [0.05, 0.1) is 6.54 Å². The Bertz CT molecular complexity index is 843. The van der Waals surface area contributed by atoms with Crippen molar-refractivity contribution in [2.24, 2.45) is 0 Å². The Balaban J connectivity index is 1.75. The smallest absolute Gasteiger partial charge is 0.254 e. The third kappa shape index (κ3) is 3.97. The third-order valence-electron chi connectivity index (χ3n) is 5.51. The molecule has 150 valence electrons. The van der Waals surface area contributed by atoms with Crippen LogP contribution >= 0.6 is 0 Å². The standard InChI is InChI=1S/C22H28N2O4/c1-16-11-12-18(28-16)22(3,27)15-23-20(26)21(2)13-7-8-14-24(21)19(25)17-9-5-4-6-10-17/h4-6,9-12,27H,7-8,13-15H2,1-3H3,(H,23,26)/t21-,22-/m0/s1. The molecule has 1 aliphatic heterocycles. The van der Waals surface area contributed by atoms with Crippen molar-refractivity contribution in [2.45, 2.75) is 51.2 Å². The van der Waals surface area contributed by atoms with Gasteiger partial charge in [-0.3, -0.25) is 9.59 Å². The Morgan fingerprint density at radius 1 is 1.21 bits per heavy atom. The van der Waals surface area contributed by atoms with Gasteiger partial charge >= 0.3 is 0 Å². The van der Waals surface area contributed by atoms with Crippen molar-refractivity contribution in [3.63, 3.8) is 0 Å². The minimum atomic E-state index is -1.33. The number of benzene rings is 1. The lowest BCUT2D eigenvalue weighted by Gasteiger charge is -2.44. The van der Waals surface area contributed by atoms with Gasteiger partial charge in [-0.15, -0.1) is 0 Å². The van der Waals surface area contributed by atoms with E-state index in [1.165, 1.54) is 0 Å². The fourth-order valence-corrected chi connectivity index (χ4v) is 3.67. The van der Waals surface area contributed by atoms with E-state index in [4.69, 9.17) is 4.42 Å². The van der Waals surface area contributed by atoms with Crippen LogP contribution < -0.4 is 5.32 Å². The summed E-state index contributed by atoms with van der Waals surface area (Å²) in [6.07, 6.45) is 2.32. The quantitative estimate of drug-likeness (QED) is 0.830. The summed E-state index contributed by atoms with van der Waals surface area (Å²) in [7, 11) is 0. The van der Waals surface area contributed by atoms with E-state index in [0.717, 1.165) is 12.8 Å². The molecule has 6 nitrogen and oxygen atoms in total. The van der Waals surface area contributed by atoms with Crippen molar-refractivity contribution < 1.29 is 19.1 Å². The molecular formula is C22H28N2O4. The number of hydrogen-bond donors (Lipinski definition) is 2. The van der Waals surface area contributed by atoms with Crippen molar-refractivity contribution in [3.8, 4) is 0 Å². The van der Waals surface area contributed by atoms with E-state index in [2.05, 4.69) is 5.32 Å². The minimum absolute atomic E-state index is 0.00173. The summed E-state index contributed by atoms with van der Waals surface area (Å²) in [5.74, 6) is 0.684. The van der Waals surface area contributed by atoms with Gasteiger partial charge in [0.15, 0.2) is 0 Å². The molecule has 1 saturated heterocycles. The van der Waals surface area contributed by atoms with Crippen molar-refractivity contribution in [2.75, 3.05) is 13.1 Å². The number of nitrogens with one attached hydrogen (secondary N) is 1. The Morgan fingerprint density at radius 3 is 2.57 bits per heavy atom. The van der Waals surface area contributed by atoms with Crippen LogP contribution in [0.25, 0.3) is 0 Å². The molecule has 2 atom stereocenters. The summed E-state index contributed by atoms with van der Waals surface area (Å²) < 4.78 is 5.50. The summed E-state index contributed by atoms with van der Waals surface area (Å²) in [5.41, 5.74) is -1.72. The van der Waals surface area contributed by atoms with E-state index in [1.54, 1.807) is 49.9 Å². The number of amides is 2. The number of rotatable bonds is 5. The number of aliphatic hydroxyl groups is 1. The summed E-state index contributed by atoms with van der Waals surface area (Å²) in [6.45, 7) is 5.73. The third-order valence-corrected chi connectivity index (χ3v) is 5.51. The topological polar surface area (TPSA) is 82.8 Å². The number of hydrogen-bond acceptors (Lipinski definition) is 4. The van der Waals surface area contributed by atoms with Crippen LogP contribution in [0.3, 0.4) is 0 Å². The maximum atomic E-state index is 13.1. The van der Waals surface area contributed by atoms with E-state index in [-0.39, 0.29) is 18.4 Å². The molecule has 0 saturated carbocycles. The molecule has 1 aromatic heterocycles. The molecule has 2 amide bonds. The van der Waals surface area contributed by atoms with Gasteiger partial charge in [-0.05, 0) is 64.3 Å². The second kappa shape index (κ2) is 7.80. The number of likely N-dealkylation sites (tertiary alicyclic amines) is 1. The van der Waals surface area contributed by atoms with Crippen LogP contribution in [-0.2, 0) is 10.4 Å². The van der Waals surface area contributed by atoms with E-state index < -0.39 is 11.1 Å². The lowest BCUT2D eigenvalue weighted by Crippen LogP contribution is -2.61. The molecule has 2 heterocycles. The highest BCUT2D eigenvalue weighted by Gasteiger charge is 2.44. The van der Waals surface area contributed by atoms with Gasteiger partial charge in [-0.2, -0.15) is 0 Å². The van der Waals surface area contributed by atoms with Gasteiger partial charge < -0.3 is 19.7 Å². The predicted octanol–water partition coefficient (Wildman–Crippen LogP) is 3.00. The lowest BCUT2D eigenvalue weighted by molar-refractivity contribution is -0.134. The first-order chi connectivity index (χ1) is 13.2. The van der Waals surface area contributed by atoms with Crippen LogP contribution in [0, 0.1) is 6.92 Å². The first-order valence-corrected chi connectivity index (χ1v) is 9.69. The van der Waals surface area contributed by atoms with Gasteiger partial charge in [0, 0.05) is 12.1 Å². The summed E-state index contributed by atoms with van der Waals surface area (Å²) >= 11 is 0. The van der Waals surface area contributed by atoms with E-state index in [1.807, 2.05) is 18.2 Å². The molecule has 0 unspecified atom stereocenters. The van der Waals surface area contributed by atoms with Crippen LogP contribution in [0.4, 0.5) is 0 Å².